The number of nitrogens with one attached hydrogen (secondary N) is 2. The molecule has 2 N–H and O–H groups in total. The molecule has 0 saturated heterocycles. The zero-order chi connectivity index (χ0) is 13.7. The van der Waals surface area contributed by atoms with E-state index in [2.05, 4.69) is 26.6 Å². The maximum atomic E-state index is 13.3. The number of hydrogen-bond acceptors (Lipinski definition) is 2. The van der Waals surface area contributed by atoms with Crippen LogP contribution >= 0.6 is 15.9 Å². The predicted molar refractivity (Wildman–Crippen MR) is 77.7 cm³/mol. The fourth-order valence-electron chi connectivity index (χ4n) is 1.52. The number of hydrogen-bond donors (Lipinski definition) is 2. The van der Waals surface area contributed by atoms with Crippen LogP contribution in [0.5, 0.6) is 0 Å². The van der Waals surface area contributed by atoms with Crippen LogP contribution < -0.4 is 10.6 Å². The third-order valence-electron chi connectivity index (χ3n) is 2.43. The van der Waals surface area contributed by atoms with Gasteiger partial charge in [0.1, 0.15) is 5.82 Å². The molecule has 0 aliphatic heterocycles. The molecule has 2 aromatic rings. The first-order valence-electron chi connectivity index (χ1n) is 5.69. The van der Waals surface area contributed by atoms with Crippen molar-refractivity contribution >= 4 is 33.2 Å². The summed E-state index contributed by atoms with van der Waals surface area (Å²) in [5.41, 5.74) is 1.29. The standard InChI is InChI=1S/C14H12BrFN2O/c15-12-7-6-11(8-13(12)16)18-14(19)9-17-10-4-2-1-3-5-10/h1-8,17H,9H2,(H,18,19). The fourth-order valence-corrected chi connectivity index (χ4v) is 1.76. The van der Waals surface area contributed by atoms with E-state index in [9.17, 15) is 9.18 Å². The molecule has 0 unspecified atom stereocenters. The minimum Gasteiger partial charge on any atom is -0.376 e. The summed E-state index contributed by atoms with van der Waals surface area (Å²) in [5, 5.41) is 5.59. The van der Waals surface area contributed by atoms with Crippen molar-refractivity contribution in [2.24, 2.45) is 0 Å². The van der Waals surface area contributed by atoms with E-state index < -0.39 is 5.82 Å². The Morgan fingerprint density at radius 1 is 1.11 bits per heavy atom. The summed E-state index contributed by atoms with van der Waals surface area (Å²) in [7, 11) is 0. The maximum Gasteiger partial charge on any atom is 0.243 e. The topological polar surface area (TPSA) is 41.1 Å². The van der Waals surface area contributed by atoms with E-state index in [-0.39, 0.29) is 12.5 Å². The van der Waals surface area contributed by atoms with Gasteiger partial charge in [-0.25, -0.2) is 4.39 Å². The number of carbonyl (C=O) groups excluding carboxylic acids is 1. The van der Waals surface area contributed by atoms with Crippen molar-refractivity contribution in [2.75, 3.05) is 17.2 Å². The highest BCUT2D eigenvalue weighted by atomic mass is 79.9. The molecule has 1 amide bonds. The Labute approximate surface area is 119 Å². The molecule has 2 aromatic carbocycles. The van der Waals surface area contributed by atoms with Crippen molar-refractivity contribution in [1.82, 2.24) is 0 Å². The minimum atomic E-state index is -0.409. The van der Waals surface area contributed by atoms with Crippen LogP contribution in [0.25, 0.3) is 0 Å². The number of amides is 1. The molecule has 0 spiro atoms. The smallest absolute Gasteiger partial charge is 0.243 e. The Morgan fingerprint density at radius 3 is 2.53 bits per heavy atom. The zero-order valence-corrected chi connectivity index (χ0v) is 11.6. The third kappa shape index (κ3) is 4.06. The highest BCUT2D eigenvalue weighted by molar-refractivity contribution is 9.10. The second-order valence-corrected chi connectivity index (χ2v) is 4.75. The lowest BCUT2D eigenvalue weighted by atomic mass is 10.3. The Hall–Kier alpha value is -1.88. The Morgan fingerprint density at radius 2 is 1.84 bits per heavy atom. The van der Waals surface area contributed by atoms with Gasteiger partial charge in [-0.15, -0.1) is 0 Å². The monoisotopic (exact) mass is 322 g/mol. The Bertz CT molecular complexity index is 575. The largest absolute Gasteiger partial charge is 0.376 e. The van der Waals surface area contributed by atoms with Gasteiger partial charge in [0.2, 0.25) is 5.91 Å². The fraction of sp³-hybridized carbons (Fsp3) is 0.0714. The highest BCUT2D eigenvalue weighted by Crippen LogP contribution is 2.19. The average molecular weight is 323 g/mol. The van der Waals surface area contributed by atoms with Crippen LogP contribution in [-0.4, -0.2) is 12.5 Å². The summed E-state index contributed by atoms with van der Waals surface area (Å²) >= 11 is 3.06. The van der Waals surface area contributed by atoms with Crippen LogP contribution in [0.4, 0.5) is 15.8 Å². The van der Waals surface area contributed by atoms with E-state index >= 15 is 0 Å². The summed E-state index contributed by atoms with van der Waals surface area (Å²) in [4.78, 5) is 11.7. The Balaban J connectivity index is 1.89. The van der Waals surface area contributed by atoms with Crippen LogP contribution in [0, 0.1) is 5.82 Å². The number of para-hydroxylation sites is 1. The summed E-state index contributed by atoms with van der Waals surface area (Å²) in [6.45, 7) is 0.127. The van der Waals surface area contributed by atoms with Crippen molar-refractivity contribution in [2.45, 2.75) is 0 Å². The molecule has 0 radical (unpaired) electrons. The number of benzene rings is 2. The molecular formula is C14H12BrFN2O. The molecule has 0 heterocycles. The van der Waals surface area contributed by atoms with Gasteiger partial charge in [-0.1, -0.05) is 18.2 Å². The summed E-state index contributed by atoms with van der Waals surface area (Å²) in [6.07, 6.45) is 0. The normalized spacial score (nSPS) is 10.0. The van der Waals surface area contributed by atoms with Gasteiger partial charge in [-0.3, -0.25) is 4.79 Å². The van der Waals surface area contributed by atoms with Crippen molar-refractivity contribution < 1.29 is 9.18 Å². The molecular weight excluding hydrogens is 311 g/mol. The molecule has 0 atom stereocenters. The Kier molecular flexibility index (Phi) is 4.52. The molecule has 0 bridgehead atoms. The van der Waals surface area contributed by atoms with Gasteiger partial charge in [-0.2, -0.15) is 0 Å². The molecule has 3 nitrogen and oxygen atoms in total. The molecule has 0 saturated carbocycles. The first kappa shape index (κ1) is 13.5. The van der Waals surface area contributed by atoms with E-state index in [1.165, 1.54) is 6.07 Å². The molecule has 2 rings (SSSR count). The molecule has 5 heteroatoms. The van der Waals surface area contributed by atoms with E-state index in [0.717, 1.165) is 5.69 Å². The van der Waals surface area contributed by atoms with E-state index in [0.29, 0.717) is 10.2 Å². The number of anilines is 2. The summed E-state index contributed by atoms with van der Waals surface area (Å²) in [5.74, 6) is -0.639. The van der Waals surface area contributed by atoms with Crippen LogP contribution in [0.2, 0.25) is 0 Å². The zero-order valence-electron chi connectivity index (χ0n) is 9.99. The highest BCUT2D eigenvalue weighted by Gasteiger charge is 2.05. The quantitative estimate of drug-likeness (QED) is 0.902. The van der Waals surface area contributed by atoms with Crippen LogP contribution in [0.15, 0.2) is 53.0 Å². The first-order valence-corrected chi connectivity index (χ1v) is 6.48. The van der Waals surface area contributed by atoms with Crippen LogP contribution in [0.3, 0.4) is 0 Å². The lowest BCUT2D eigenvalue weighted by molar-refractivity contribution is -0.114. The summed E-state index contributed by atoms with van der Waals surface area (Å²) < 4.78 is 13.6. The second-order valence-electron chi connectivity index (χ2n) is 3.90. The van der Waals surface area contributed by atoms with Gasteiger partial charge in [-0.05, 0) is 46.3 Å². The SMILES string of the molecule is O=C(CNc1ccccc1)Nc1ccc(Br)c(F)c1. The molecule has 19 heavy (non-hydrogen) atoms. The average Bonchev–Trinajstić information content (AvgIpc) is 2.42. The van der Waals surface area contributed by atoms with Gasteiger partial charge < -0.3 is 10.6 Å². The summed E-state index contributed by atoms with van der Waals surface area (Å²) in [6, 6.07) is 13.8. The lowest BCUT2D eigenvalue weighted by Gasteiger charge is -2.08. The first-order chi connectivity index (χ1) is 9.15. The maximum absolute atomic E-state index is 13.3. The van der Waals surface area contributed by atoms with Crippen LogP contribution in [-0.2, 0) is 4.79 Å². The minimum absolute atomic E-state index is 0.127. The number of rotatable bonds is 4. The number of halogens is 2. The lowest BCUT2D eigenvalue weighted by Crippen LogP contribution is -2.21. The van der Waals surface area contributed by atoms with Crippen molar-refractivity contribution in [3.05, 3.63) is 58.8 Å². The van der Waals surface area contributed by atoms with Gasteiger partial charge in [0.05, 0.1) is 11.0 Å². The molecule has 0 aromatic heterocycles. The predicted octanol–water partition coefficient (Wildman–Crippen LogP) is 3.64. The van der Waals surface area contributed by atoms with E-state index in [1.54, 1.807) is 12.1 Å². The van der Waals surface area contributed by atoms with Crippen molar-refractivity contribution in [3.63, 3.8) is 0 Å². The van der Waals surface area contributed by atoms with Gasteiger partial charge in [0.15, 0.2) is 0 Å². The van der Waals surface area contributed by atoms with Gasteiger partial charge >= 0.3 is 0 Å². The van der Waals surface area contributed by atoms with Gasteiger partial charge in [0.25, 0.3) is 0 Å². The molecule has 98 valence electrons. The molecule has 0 fully saturated rings. The molecule has 0 aliphatic rings. The van der Waals surface area contributed by atoms with E-state index in [1.807, 2.05) is 30.3 Å². The third-order valence-corrected chi connectivity index (χ3v) is 3.07. The van der Waals surface area contributed by atoms with Crippen molar-refractivity contribution in [1.29, 1.82) is 0 Å². The van der Waals surface area contributed by atoms with Crippen LogP contribution in [0.1, 0.15) is 0 Å². The molecule has 0 aliphatic carbocycles. The second kappa shape index (κ2) is 6.33. The van der Waals surface area contributed by atoms with E-state index in [4.69, 9.17) is 0 Å². The van der Waals surface area contributed by atoms with Gasteiger partial charge in [0, 0.05) is 11.4 Å². The van der Waals surface area contributed by atoms with Crippen molar-refractivity contribution in [3.8, 4) is 0 Å². The number of carbonyl (C=O) groups is 1.